The summed E-state index contributed by atoms with van der Waals surface area (Å²) < 4.78 is 14.9. The molecule has 2 aromatic carbocycles. The molecule has 2 N–H and O–H groups in total. The maximum Gasteiger partial charge on any atom is 0.251 e. The van der Waals surface area contributed by atoms with Gasteiger partial charge in [-0.3, -0.25) is 9.59 Å². The van der Waals surface area contributed by atoms with E-state index in [1.165, 1.54) is 12.1 Å². The normalized spacial score (nSPS) is 15.1. The van der Waals surface area contributed by atoms with Gasteiger partial charge in [0.25, 0.3) is 5.91 Å². The molecule has 0 fully saturated rings. The lowest BCUT2D eigenvalue weighted by Crippen LogP contribution is -2.24. The predicted molar refractivity (Wildman–Crippen MR) is 114 cm³/mol. The van der Waals surface area contributed by atoms with E-state index in [1.54, 1.807) is 10.7 Å². The number of anilines is 2. The molecule has 9 heteroatoms. The van der Waals surface area contributed by atoms with Gasteiger partial charge in [0.05, 0.1) is 17.1 Å². The molecule has 1 aliphatic rings. The van der Waals surface area contributed by atoms with Gasteiger partial charge in [-0.15, -0.1) is 0 Å². The van der Waals surface area contributed by atoms with Gasteiger partial charge in [-0.2, -0.15) is 5.10 Å². The van der Waals surface area contributed by atoms with Gasteiger partial charge >= 0.3 is 0 Å². The Morgan fingerprint density at radius 3 is 2.77 bits per heavy atom. The quantitative estimate of drug-likeness (QED) is 0.573. The maximum atomic E-state index is 13.3. The van der Waals surface area contributed by atoms with E-state index in [-0.39, 0.29) is 17.4 Å². The minimum absolute atomic E-state index is 0.0977. The summed E-state index contributed by atoms with van der Waals surface area (Å²) in [6.45, 7) is 1.97. The Hall–Kier alpha value is -2.90. The third-order valence-corrected chi connectivity index (χ3v) is 5.38. The Morgan fingerprint density at radius 1 is 1.27 bits per heavy atom. The largest absolute Gasteiger partial charge is 0.326 e. The van der Waals surface area contributed by atoms with Gasteiger partial charge in [0.2, 0.25) is 5.91 Å². The molecule has 0 saturated carbocycles. The first kappa shape index (κ1) is 20.4. The van der Waals surface area contributed by atoms with Crippen molar-refractivity contribution >= 4 is 46.5 Å². The first-order valence-electron chi connectivity index (χ1n) is 9.30. The molecule has 6 nitrogen and oxygen atoms in total. The Bertz CT molecular complexity index is 1160. The average molecular weight is 447 g/mol. The standard InChI is InChI=1S/C21H17Cl2FN4O2/c1-2-16-19(11-4-3-5-12(22)8-11)20-26-21(30)17(28(20)27-16)10-18(29)25-13-6-7-15(24)14(23)9-13/h3-9,17H,2,10H2,1H3,(H,25,29)(H,26,30). The third kappa shape index (κ3) is 3.78. The topological polar surface area (TPSA) is 76.0 Å². The Morgan fingerprint density at radius 2 is 2.07 bits per heavy atom. The number of carbonyl (C=O) groups excluding carboxylic acids is 2. The number of hydrogen-bond donors (Lipinski definition) is 2. The van der Waals surface area contributed by atoms with Gasteiger partial charge in [0, 0.05) is 16.3 Å². The van der Waals surface area contributed by atoms with E-state index in [0.29, 0.717) is 22.9 Å². The Balaban J connectivity index is 1.61. The molecule has 4 rings (SSSR count). The van der Waals surface area contributed by atoms with Crippen LogP contribution in [0.4, 0.5) is 15.9 Å². The number of rotatable bonds is 5. The summed E-state index contributed by atoms with van der Waals surface area (Å²) >= 11 is 11.9. The van der Waals surface area contributed by atoms with Gasteiger partial charge < -0.3 is 10.6 Å². The van der Waals surface area contributed by atoms with Crippen LogP contribution in [-0.2, 0) is 16.0 Å². The molecule has 1 aliphatic heterocycles. The number of fused-ring (bicyclic) bond motifs is 1. The summed E-state index contributed by atoms with van der Waals surface area (Å²) in [5.41, 5.74) is 2.77. The van der Waals surface area contributed by atoms with Crippen LogP contribution < -0.4 is 10.6 Å². The van der Waals surface area contributed by atoms with Crippen molar-refractivity contribution in [2.24, 2.45) is 0 Å². The molecule has 0 saturated heterocycles. The molecule has 0 bridgehead atoms. The van der Waals surface area contributed by atoms with Crippen molar-refractivity contribution in [3.05, 3.63) is 64.0 Å². The number of aryl methyl sites for hydroxylation is 1. The van der Waals surface area contributed by atoms with E-state index >= 15 is 0 Å². The number of hydrogen-bond acceptors (Lipinski definition) is 3. The second-order valence-corrected chi connectivity index (χ2v) is 7.71. The van der Waals surface area contributed by atoms with E-state index in [1.807, 2.05) is 25.1 Å². The second-order valence-electron chi connectivity index (χ2n) is 6.87. The number of nitrogens with one attached hydrogen (secondary N) is 2. The summed E-state index contributed by atoms with van der Waals surface area (Å²) in [6.07, 6.45) is 0.512. The van der Waals surface area contributed by atoms with Crippen molar-refractivity contribution in [2.45, 2.75) is 25.8 Å². The van der Waals surface area contributed by atoms with E-state index in [9.17, 15) is 14.0 Å². The number of benzene rings is 2. The minimum Gasteiger partial charge on any atom is -0.326 e. The highest BCUT2D eigenvalue weighted by Crippen LogP contribution is 2.39. The summed E-state index contributed by atoms with van der Waals surface area (Å²) in [6, 6.07) is 10.4. The van der Waals surface area contributed by atoms with Crippen LogP contribution in [0.5, 0.6) is 0 Å². The van der Waals surface area contributed by atoms with Crippen LogP contribution in [0.3, 0.4) is 0 Å². The Kier molecular flexibility index (Phi) is 5.49. The second kappa shape index (κ2) is 8.08. The van der Waals surface area contributed by atoms with Crippen LogP contribution >= 0.6 is 23.2 Å². The molecule has 2 amide bonds. The zero-order chi connectivity index (χ0) is 21.4. The molecule has 3 aromatic rings. The molecule has 0 radical (unpaired) electrons. The number of aromatic nitrogens is 2. The molecule has 1 atom stereocenters. The van der Waals surface area contributed by atoms with Crippen molar-refractivity contribution in [1.29, 1.82) is 0 Å². The summed E-state index contributed by atoms with van der Waals surface area (Å²) in [7, 11) is 0. The zero-order valence-electron chi connectivity index (χ0n) is 15.9. The molecule has 1 unspecified atom stereocenters. The van der Waals surface area contributed by atoms with Crippen LogP contribution in [0.25, 0.3) is 11.1 Å². The zero-order valence-corrected chi connectivity index (χ0v) is 17.4. The molecule has 0 aliphatic carbocycles. The SMILES string of the molecule is CCc1nn2c(c1-c1cccc(Cl)c1)NC(=O)C2CC(=O)Nc1ccc(F)c(Cl)c1. The minimum atomic E-state index is -0.797. The lowest BCUT2D eigenvalue weighted by molar-refractivity contribution is -0.123. The molecule has 30 heavy (non-hydrogen) atoms. The van der Waals surface area contributed by atoms with Crippen molar-refractivity contribution in [3.63, 3.8) is 0 Å². The summed E-state index contributed by atoms with van der Waals surface area (Å²) in [5, 5.41) is 10.5. The average Bonchev–Trinajstić information content (AvgIpc) is 3.20. The summed E-state index contributed by atoms with van der Waals surface area (Å²) in [5.74, 6) is -0.771. The van der Waals surface area contributed by atoms with Crippen LogP contribution in [0.2, 0.25) is 10.0 Å². The smallest absolute Gasteiger partial charge is 0.251 e. The van der Waals surface area contributed by atoms with Gasteiger partial charge in [0.15, 0.2) is 0 Å². The first-order valence-corrected chi connectivity index (χ1v) is 10.1. The maximum absolute atomic E-state index is 13.3. The van der Waals surface area contributed by atoms with Crippen LogP contribution in [0.1, 0.15) is 25.1 Å². The Labute approximate surface area is 182 Å². The highest BCUT2D eigenvalue weighted by atomic mass is 35.5. The van der Waals surface area contributed by atoms with Crippen molar-refractivity contribution in [1.82, 2.24) is 9.78 Å². The van der Waals surface area contributed by atoms with Crippen LogP contribution in [0.15, 0.2) is 42.5 Å². The fraction of sp³-hybridized carbons (Fsp3) is 0.190. The summed E-state index contributed by atoms with van der Waals surface area (Å²) in [4.78, 5) is 25.1. The van der Waals surface area contributed by atoms with Gasteiger partial charge in [-0.1, -0.05) is 42.3 Å². The van der Waals surface area contributed by atoms with Crippen molar-refractivity contribution in [2.75, 3.05) is 10.6 Å². The lowest BCUT2D eigenvalue weighted by Gasteiger charge is -2.10. The lowest BCUT2D eigenvalue weighted by atomic mass is 10.0. The third-order valence-electron chi connectivity index (χ3n) is 4.85. The highest BCUT2D eigenvalue weighted by molar-refractivity contribution is 6.31. The molecule has 2 heterocycles. The highest BCUT2D eigenvalue weighted by Gasteiger charge is 2.36. The van der Waals surface area contributed by atoms with E-state index < -0.39 is 17.8 Å². The molecular weight excluding hydrogens is 430 g/mol. The molecule has 1 aromatic heterocycles. The predicted octanol–water partition coefficient (Wildman–Crippen LogP) is 5.08. The fourth-order valence-electron chi connectivity index (χ4n) is 3.47. The molecular formula is C21H17Cl2FN4O2. The fourth-order valence-corrected chi connectivity index (χ4v) is 3.84. The molecule has 0 spiro atoms. The van der Waals surface area contributed by atoms with Crippen LogP contribution in [0, 0.1) is 5.82 Å². The number of amides is 2. The first-order chi connectivity index (χ1) is 14.4. The van der Waals surface area contributed by atoms with E-state index in [0.717, 1.165) is 22.9 Å². The van der Waals surface area contributed by atoms with Crippen molar-refractivity contribution < 1.29 is 14.0 Å². The van der Waals surface area contributed by atoms with Gasteiger partial charge in [-0.25, -0.2) is 9.07 Å². The number of nitrogens with zero attached hydrogens (tertiary/aromatic N) is 2. The van der Waals surface area contributed by atoms with Gasteiger partial charge in [-0.05, 0) is 42.3 Å². The van der Waals surface area contributed by atoms with Crippen LogP contribution in [-0.4, -0.2) is 21.6 Å². The van der Waals surface area contributed by atoms with Crippen molar-refractivity contribution in [3.8, 4) is 11.1 Å². The monoisotopic (exact) mass is 446 g/mol. The molecule has 154 valence electrons. The van der Waals surface area contributed by atoms with E-state index in [2.05, 4.69) is 15.7 Å². The number of halogens is 3. The number of carbonyl (C=O) groups is 2. The van der Waals surface area contributed by atoms with E-state index in [4.69, 9.17) is 23.2 Å². The van der Waals surface area contributed by atoms with Gasteiger partial charge in [0.1, 0.15) is 17.7 Å².